The van der Waals surface area contributed by atoms with Gasteiger partial charge >= 0.3 is 0 Å². The Morgan fingerprint density at radius 3 is 1.42 bits per heavy atom. The van der Waals surface area contributed by atoms with Gasteiger partial charge in [-0.15, -0.1) is 0 Å². The summed E-state index contributed by atoms with van der Waals surface area (Å²) < 4.78 is 17.2. The van der Waals surface area contributed by atoms with Gasteiger partial charge in [0.2, 0.25) is 0 Å². The molecule has 0 aliphatic carbocycles. The van der Waals surface area contributed by atoms with Crippen molar-refractivity contribution in [1.82, 2.24) is 9.80 Å². The van der Waals surface area contributed by atoms with Crippen LogP contribution in [0.25, 0.3) is 5.57 Å². The van der Waals surface area contributed by atoms with E-state index in [0.29, 0.717) is 13.2 Å². The van der Waals surface area contributed by atoms with Crippen molar-refractivity contribution < 1.29 is 14.2 Å². The summed E-state index contributed by atoms with van der Waals surface area (Å²) in [6.07, 6.45) is 0.849. The summed E-state index contributed by atoms with van der Waals surface area (Å²) in [5, 5.41) is 0. The van der Waals surface area contributed by atoms with Gasteiger partial charge in [-0.05, 0) is 100 Å². The standard InChI is InChI=1S/C31H40N2O3/c1-24(23-25-7-13-28(34-6)14-8-25)31(26-9-15-29(16-10-26)35-21-19-32(2)3)27-11-17-30(18-12-27)36-22-20-33(4)5/h7-18H,19-23H2,1-6H3. The molecule has 5 nitrogen and oxygen atoms in total. The maximum atomic E-state index is 5.92. The zero-order chi connectivity index (χ0) is 25.9. The Morgan fingerprint density at radius 2 is 1.03 bits per heavy atom. The highest BCUT2D eigenvalue weighted by Crippen LogP contribution is 2.31. The van der Waals surface area contributed by atoms with Crippen molar-refractivity contribution in [2.24, 2.45) is 0 Å². The third kappa shape index (κ3) is 8.43. The molecule has 192 valence electrons. The van der Waals surface area contributed by atoms with Crippen molar-refractivity contribution in [2.45, 2.75) is 13.3 Å². The van der Waals surface area contributed by atoms with Gasteiger partial charge in [-0.3, -0.25) is 0 Å². The molecule has 0 unspecified atom stereocenters. The van der Waals surface area contributed by atoms with E-state index in [1.54, 1.807) is 7.11 Å². The summed E-state index contributed by atoms with van der Waals surface area (Å²) in [6.45, 7) is 5.32. The van der Waals surface area contributed by atoms with E-state index >= 15 is 0 Å². The Hall–Kier alpha value is -3.28. The molecule has 0 bridgehead atoms. The predicted octanol–water partition coefficient (Wildman–Crippen LogP) is 5.64. The van der Waals surface area contributed by atoms with Gasteiger partial charge in [0.25, 0.3) is 0 Å². The van der Waals surface area contributed by atoms with E-state index in [2.05, 4.69) is 77.4 Å². The minimum Gasteiger partial charge on any atom is -0.497 e. The number of hydrogen-bond donors (Lipinski definition) is 0. The number of hydrogen-bond acceptors (Lipinski definition) is 5. The molecule has 0 aromatic heterocycles. The van der Waals surface area contributed by atoms with Crippen LogP contribution in [-0.2, 0) is 6.42 Å². The molecule has 0 saturated carbocycles. The van der Waals surface area contributed by atoms with Gasteiger partial charge in [0, 0.05) is 13.1 Å². The van der Waals surface area contributed by atoms with Crippen molar-refractivity contribution in [3.63, 3.8) is 0 Å². The first kappa shape index (κ1) is 27.3. The van der Waals surface area contributed by atoms with Crippen molar-refractivity contribution in [3.05, 3.63) is 95.1 Å². The van der Waals surface area contributed by atoms with Gasteiger partial charge in [-0.25, -0.2) is 0 Å². The molecule has 0 N–H and O–H groups in total. The van der Waals surface area contributed by atoms with Crippen LogP contribution >= 0.6 is 0 Å². The van der Waals surface area contributed by atoms with Crippen LogP contribution in [0, 0.1) is 0 Å². The van der Waals surface area contributed by atoms with Crippen LogP contribution in [0.2, 0.25) is 0 Å². The third-order valence-corrected chi connectivity index (χ3v) is 5.96. The van der Waals surface area contributed by atoms with Crippen LogP contribution in [0.3, 0.4) is 0 Å². The van der Waals surface area contributed by atoms with Crippen molar-refractivity contribution in [3.8, 4) is 17.2 Å². The Balaban J connectivity index is 1.87. The number of ether oxygens (including phenoxy) is 3. The summed E-state index contributed by atoms with van der Waals surface area (Å²) >= 11 is 0. The van der Waals surface area contributed by atoms with E-state index in [-0.39, 0.29) is 0 Å². The number of likely N-dealkylation sites (N-methyl/N-ethyl adjacent to an activating group) is 2. The molecule has 0 aliphatic heterocycles. The van der Waals surface area contributed by atoms with Crippen molar-refractivity contribution in [1.29, 1.82) is 0 Å². The van der Waals surface area contributed by atoms with Crippen molar-refractivity contribution in [2.75, 3.05) is 61.6 Å². The fourth-order valence-electron chi connectivity index (χ4n) is 3.93. The maximum absolute atomic E-state index is 5.92. The Bertz CT molecular complexity index is 1030. The molecule has 0 amide bonds. The third-order valence-electron chi connectivity index (χ3n) is 5.96. The van der Waals surface area contributed by atoms with Gasteiger partial charge in [-0.2, -0.15) is 0 Å². The molecular weight excluding hydrogens is 448 g/mol. The minimum absolute atomic E-state index is 0.667. The molecule has 0 saturated heterocycles. The number of methoxy groups -OCH3 is 1. The lowest BCUT2D eigenvalue weighted by Gasteiger charge is -2.16. The summed E-state index contributed by atoms with van der Waals surface area (Å²) in [7, 11) is 9.89. The normalized spacial score (nSPS) is 11.0. The number of benzene rings is 3. The molecule has 36 heavy (non-hydrogen) atoms. The van der Waals surface area contributed by atoms with E-state index in [1.165, 1.54) is 27.8 Å². The Labute approximate surface area is 216 Å². The van der Waals surface area contributed by atoms with Crippen molar-refractivity contribution >= 4 is 5.57 Å². The lowest BCUT2D eigenvalue weighted by atomic mass is 9.90. The van der Waals surface area contributed by atoms with E-state index in [9.17, 15) is 0 Å². The lowest BCUT2D eigenvalue weighted by molar-refractivity contribution is 0.261. The van der Waals surface area contributed by atoms with Gasteiger partial charge in [0.05, 0.1) is 7.11 Å². The highest BCUT2D eigenvalue weighted by atomic mass is 16.5. The van der Waals surface area contributed by atoms with Crippen LogP contribution in [0.5, 0.6) is 17.2 Å². The Morgan fingerprint density at radius 1 is 0.611 bits per heavy atom. The number of nitrogens with zero attached hydrogens (tertiary/aromatic N) is 2. The number of rotatable bonds is 13. The van der Waals surface area contributed by atoms with Crippen LogP contribution in [0.4, 0.5) is 0 Å². The lowest BCUT2D eigenvalue weighted by Crippen LogP contribution is -2.19. The van der Waals surface area contributed by atoms with Gasteiger partial charge < -0.3 is 24.0 Å². The van der Waals surface area contributed by atoms with Crippen LogP contribution in [-0.4, -0.2) is 71.4 Å². The summed E-state index contributed by atoms with van der Waals surface area (Å²) in [6, 6.07) is 25.1. The molecule has 0 heterocycles. The van der Waals surface area contributed by atoms with E-state index in [4.69, 9.17) is 14.2 Å². The molecule has 0 spiro atoms. The zero-order valence-corrected chi connectivity index (χ0v) is 22.6. The SMILES string of the molecule is COc1ccc(CC(C)=C(c2ccc(OCCN(C)C)cc2)c2ccc(OCCN(C)C)cc2)cc1. The molecule has 3 aromatic carbocycles. The average molecular weight is 489 g/mol. The van der Waals surface area contributed by atoms with E-state index < -0.39 is 0 Å². The van der Waals surface area contributed by atoms with Crippen LogP contribution in [0.1, 0.15) is 23.6 Å². The molecular formula is C31H40N2O3. The smallest absolute Gasteiger partial charge is 0.119 e. The molecule has 0 aliphatic rings. The fourth-order valence-corrected chi connectivity index (χ4v) is 3.93. The Kier molecular flexibility index (Phi) is 10.4. The second-order valence-electron chi connectivity index (χ2n) is 9.53. The summed E-state index contributed by atoms with van der Waals surface area (Å²) in [5.74, 6) is 2.64. The molecule has 3 aromatic rings. The number of allylic oxidation sites excluding steroid dienone is 1. The maximum Gasteiger partial charge on any atom is 0.119 e. The molecule has 5 heteroatoms. The second-order valence-corrected chi connectivity index (χ2v) is 9.53. The molecule has 0 fully saturated rings. The molecule has 0 atom stereocenters. The highest BCUT2D eigenvalue weighted by molar-refractivity contribution is 5.82. The van der Waals surface area contributed by atoms with E-state index in [0.717, 1.165) is 36.8 Å². The van der Waals surface area contributed by atoms with Crippen LogP contribution in [0.15, 0.2) is 78.4 Å². The monoisotopic (exact) mass is 488 g/mol. The fraction of sp³-hybridized carbons (Fsp3) is 0.355. The first-order chi connectivity index (χ1) is 17.4. The van der Waals surface area contributed by atoms with E-state index in [1.807, 2.05) is 40.3 Å². The quantitative estimate of drug-likeness (QED) is 0.311. The molecule has 3 rings (SSSR count). The molecule has 0 radical (unpaired) electrons. The van der Waals surface area contributed by atoms with Gasteiger partial charge in [0.15, 0.2) is 0 Å². The van der Waals surface area contributed by atoms with Gasteiger partial charge in [0.1, 0.15) is 30.5 Å². The topological polar surface area (TPSA) is 34.2 Å². The first-order valence-electron chi connectivity index (χ1n) is 12.4. The largest absolute Gasteiger partial charge is 0.497 e. The van der Waals surface area contributed by atoms with Gasteiger partial charge in [-0.1, -0.05) is 42.0 Å². The minimum atomic E-state index is 0.667. The first-order valence-corrected chi connectivity index (χ1v) is 12.4. The highest BCUT2D eigenvalue weighted by Gasteiger charge is 2.11. The average Bonchev–Trinajstić information content (AvgIpc) is 2.86. The summed E-state index contributed by atoms with van der Waals surface area (Å²) in [5.41, 5.74) is 6.11. The second kappa shape index (κ2) is 13.7. The van der Waals surface area contributed by atoms with Crippen LogP contribution < -0.4 is 14.2 Å². The summed E-state index contributed by atoms with van der Waals surface area (Å²) in [4.78, 5) is 4.23. The predicted molar refractivity (Wildman–Crippen MR) is 149 cm³/mol. The zero-order valence-electron chi connectivity index (χ0n) is 22.6.